The molecule has 1 aliphatic rings. The number of thioether (sulfide) groups is 1. The van der Waals surface area contributed by atoms with Crippen LogP contribution in [0.1, 0.15) is 16.8 Å². The fourth-order valence-electron chi connectivity index (χ4n) is 2.48. The number of hydrogen-bond donors (Lipinski definition) is 1. The summed E-state index contributed by atoms with van der Waals surface area (Å²) >= 11 is 1.98. The number of fused-ring (bicyclic) bond motifs is 1. The van der Waals surface area contributed by atoms with Crippen molar-refractivity contribution < 1.29 is 9.90 Å². The quantitative estimate of drug-likeness (QED) is 0.921. The number of rotatable bonds is 2. The summed E-state index contributed by atoms with van der Waals surface area (Å²) in [5.41, 5.74) is 1.06. The van der Waals surface area contributed by atoms with Gasteiger partial charge in [0.15, 0.2) is 0 Å². The van der Waals surface area contributed by atoms with Crippen LogP contribution in [0.3, 0.4) is 0 Å². The Kier molecular flexibility index (Phi) is 3.78. The number of benzene rings is 1. The lowest BCUT2D eigenvalue weighted by Crippen LogP contribution is -2.26. The molecule has 4 nitrogen and oxygen atoms in total. The van der Waals surface area contributed by atoms with Crippen molar-refractivity contribution >= 4 is 34.5 Å². The second kappa shape index (κ2) is 5.71. The fourth-order valence-corrected chi connectivity index (χ4v) is 3.37. The van der Waals surface area contributed by atoms with Crippen LogP contribution in [0, 0.1) is 0 Å². The Balaban J connectivity index is 2.00. The predicted molar refractivity (Wildman–Crippen MR) is 82.9 cm³/mol. The lowest BCUT2D eigenvalue weighted by Gasteiger charge is -2.21. The van der Waals surface area contributed by atoms with Crippen molar-refractivity contribution in [2.45, 2.75) is 6.42 Å². The Labute approximate surface area is 121 Å². The van der Waals surface area contributed by atoms with Crippen LogP contribution in [0.5, 0.6) is 0 Å². The van der Waals surface area contributed by atoms with Gasteiger partial charge in [0.2, 0.25) is 0 Å². The van der Waals surface area contributed by atoms with Crippen LogP contribution in [0.2, 0.25) is 0 Å². The molecule has 2 heterocycles. The van der Waals surface area contributed by atoms with Gasteiger partial charge in [-0.05, 0) is 36.4 Å². The molecule has 0 atom stereocenters. The van der Waals surface area contributed by atoms with E-state index in [1.165, 1.54) is 12.2 Å². The first-order chi connectivity index (χ1) is 9.75. The lowest BCUT2D eigenvalue weighted by molar-refractivity contribution is 0.0699. The summed E-state index contributed by atoms with van der Waals surface area (Å²) in [6.45, 7) is 2.02. The van der Waals surface area contributed by atoms with E-state index in [0.29, 0.717) is 10.9 Å². The van der Waals surface area contributed by atoms with Gasteiger partial charge in [0, 0.05) is 24.2 Å². The molecule has 5 heteroatoms. The summed E-state index contributed by atoms with van der Waals surface area (Å²) in [5.74, 6) is 2.36. The van der Waals surface area contributed by atoms with Crippen molar-refractivity contribution in [3.8, 4) is 0 Å². The van der Waals surface area contributed by atoms with E-state index >= 15 is 0 Å². The van der Waals surface area contributed by atoms with E-state index in [1.54, 1.807) is 12.1 Å². The number of hydrogen-bond acceptors (Lipinski definition) is 4. The zero-order valence-electron chi connectivity index (χ0n) is 11.1. The molecule has 1 saturated heterocycles. The number of nitrogens with zero attached hydrogens (tertiary/aromatic N) is 2. The van der Waals surface area contributed by atoms with Crippen molar-refractivity contribution in [2.24, 2.45) is 0 Å². The SMILES string of the molecule is O=C(O)c1cccc2nc(N3CCCSCC3)ccc12. The molecule has 2 aromatic rings. The van der Waals surface area contributed by atoms with E-state index < -0.39 is 5.97 Å². The normalized spacial score (nSPS) is 16.1. The topological polar surface area (TPSA) is 53.4 Å². The van der Waals surface area contributed by atoms with Gasteiger partial charge >= 0.3 is 5.97 Å². The maximum atomic E-state index is 11.2. The Morgan fingerprint density at radius 2 is 2.10 bits per heavy atom. The maximum absolute atomic E-state index is 11.2. The summed E-state index contributed by atoms with van der Waals surface area (Å²) in [7, 11) is 0. The first-order valence-electron chi connectivity index (χ1n) is 6.71. The van der Waals surface area contributed by atoms with Crippen LogP contribution in [0.15, 0.2) is 30.3 Å². The van der Waals surface area contributed by atoms with E-state index in [-0.39, 0.29) is 0 Å². The Morgan fingerprint density at radius 1 is 1.20 bits per heavy atom. The first kappa shape index (κ1) is 13.2. The molecule has 20 heavy (non-hydrogen) atoms. The van der Waals surface area contributed by atoms with Gasteiger partial charge in [0.25, 0.3) is 0 Å². The molecule has 0 amide bonds. The smallest absolute Gasteiger partial charge is 0.336 e. The van der Waals surface area contributed by atoms with Crippen LogP contribution in [-0.2, 0) is 0 Å². The van der Waals surface area contributed by atoms with Crippen molar-refractivity contribution in [3.05, 3.63) is 35.9 Å². The number of carboxylic acid groups (broad SMARTS) is 1. The number of carbonyl (C=O) groups is 1. The van der Waals surface area contributed by atoms with Gasteiger partial charge in [-0.1, -0.05) is 6.07 Å². The number of aromatic carboxylic acids is 1. The summed E-state index contributed by atoms with van der Waals surface area (Å²) < 4.78 is 0. The van der Waals surface area contributed by atoms with Gasteiger partial charge in [-0.15, -0.1) is 0 Å². The maximum Gasteiger partial charge on any atom is 0.336 e. The van der Waals surface area contributed by atoms with E-state index in [9.17, 15) is 9.90 Å². The molecular weight excluding hydrogens is 272 g/mol. The largest absolute Gasteiger partial charge is 0.478 e. The molecule has 0 aliphatic carbocycles. The minimum absolute atomic E-state index is 0.313. The van der Waals surface area contributed by atoms with E-state index in [0.717, 1.165) is 30.2 Å². The minimum atomic E-state index is -0.906. The van der Waals surface area contributed by atoms with Crippen molar-refractivity contribution in [2.75, 3.05) is 29.5 Å². The predicted octanol–water partition coefficient (Wildman–Crippen LogP) is 2.88. The number of aromatic nitrogens is 1. The fraction of sp³-hybridized carbons (Fsp3) is 0.333. The molecule has 1 N–H and O–H groups in total. The molecule has 1 fully saturated rings. The molecule has 0 bridgehead atoms. The summed E-state index contributed by atoms with van der Waals surface area (Å²) in [4.78, 5) is 18.1. The third kappa shape index (κ3) is 2.58. The summed E-state index contributed by atoms with van der Waals surface area (Å²) in [5, 5.41) is 9.90. The highest BCUT2D eigenvalue weighted by Crippen LogP contribution is 2.23. The lowest BCUT2D eigenvalue weighted by atomic mass is 10.1. The van der Waals surface area contributed by atoms with Crippen LogP contribution in [-0.4, -0.2) is 40.7 Å². The highest BCUT2D eigenvalue weighted by Gasteiger charge is 2.13. The van der Waals surface area contributed by atoms with Gasteiger partial charge in [-0.25, -0.2) is 9.78 Å². The van der Waals surface area contributed by atoms with Gasteiger partial charge in [0.05, 0.1) is 11.1 Å². The van der Waals surface area contributed by atoms with Gasteiger partial charge < -0.3 is 10.0 Å². The number of pyridine rings is 1. The molecule has 0 unspecified atom stereocenters. The molecule has 1 aromatic carbocycles. The van der Waals surface area contributed by atoms with Gasteiger partial charge in [-0.3, -0.25) is 0 Å². The zero-order chi connectivity index (χ0) is 13.9. The zero-order valence-corrected chi connectivity index (χ0v) is 11.9. The number of anilines is 1. The Hall–Kier alpha value is -1.75. The van der Waals surface area contributed by atoms with Crippen LogP contribution >= 0.6 is 11.8 Å². The van der Waals surface area contributed by atoms with Crippen LogP contribution < -0.4 is 4.90 Å². The van der Waals surface area contributed by atoms with Crippen LogP contribution in [0.4, 0.5) is 5.82 Å². The average Bonchev–Trinajstić information content (AvgIpc) is 2.75. The summed E-state index contributed by atoms with van der Waals surface area (Å²) in [6.07, 6.45) is 1.17. The van der Waals surface area contributed by atoms with Gasteiger partial charge in [0.1, 0.15) is 5.82 Å². The van der Waals surface area contributed by atoms with E-state index in [1.807, 2.05) is 30.0 Å². The van der Waals surface area contributed by atoms with Crippen molar-refractivity contribution in [1.29, 1.82) is 0 Å². The highest BCUT2D eigenvalue weighted by molar-refractivity contribution is 7.99. The number of carboxylic acids is 1. The highest BCUT2D eigenvalue weighted by atomic mass is 32.2. The molecule has 1 aliphatic heterocycles. The molecule has 3 rings (SSSR count). The average molecular weight is 288 g/mol. The summed E-state index contributed by atoms with van der Waals surface area (Å²) in [6, 6.07) is 9.05. The molecule has 1 aromatic heterocycles. The molecule has 0 saturated carbocycles. The molecule has 0 radical (unpaired) electrons. The van der Waals surface area contributed by atoms with E-state index in [4.69, 9.17) is 0 Å². The third-order valence-corrected chi connectivity index (χ3v) is 4.54. The van der Waals surface area contributed by atoms with Gasteiger partial charge in [-0.2, -0.15) is 11.8 Å². The Bertz CT molecular complexity index is 637. The second-order valence-electron chi connectivity index (χ2n) is 4.80. The first-order valence-corrected chi connectivity index (χ1v) is 7.87. The van der Waals surface area contributed by atoms with Crippen LogP contribution in [0.25, 0.3) is 10.9 Å². The van der Waals surface area contributed by atoms with E-state index in [2.05, 4.69) is 9.88 Å². The molecular formula is C15H16N2O2S. The molecule has 0 spiro atoms. The molecule has 104 valence electrons. The second-order valence-corrected chi connectivity index (χ2v) is 6.02. The minimum Gasteiger partial charge on any atom is -0.478 e. The van der Waals surface area contributed by atoms with Crippen molar-refractivity contribution in [1.82, 2.24) is 4.98 Å². The monoisotopic (exact) mass is 288 g/mol. The Morgan fingerprint density at radius 3 is 2.95 bits per heavy atom. The van der Waals surface area contributed by atoms with Crippen molar-refractivity contribution in [3.63, 3.8) is 0 Å². The standard InChI is InChI=1S/C15H16N2O2S/c18-15(19)12-3-1-4-13-11(12)5-6-14(16-13)17-7-2-9-20-10-8-17/h1,3-6H,2,7-10H2,(H,18,19). The third-order valence-electron chi connectivity index (χ3n) is 3.49.